The lowest BCUT2D eigenvalue weighted by Crippen LogP contribution is -2.70. The van der Waals surface area contributed by atoms with Crippen LogP contribution in [0.25, 0.3) is 6.08 Å². The average Bonchev–Trinajstić information content (AvgIpc) is 3.35. The molecule has 69 heavy (non-hydrogen) atoms. The van der Waals surface area contributed by atoms with Crippen LogP contribution in [0.5, 0.6) is 11.5 Å². The topological polar surface area (TPSA) is 196 Å². The van der Waals surface area contributed by atoms with E-state index in [1.165, 1.54) is 42.5 Å². The van der Waals surface area contributed by atoms with Gasteiger partial charge in [0, 0.05) is 68.0 Å². The van der Waals surface area contributed by atoms with Crippen molar-refractivity contribution in [3.63, 3.8) is 0 Å². The van der Waals surface area contributed by atoms with E-state index in [-0.39, 0.29) is 75.1 Å². The summed E-state index contributed by atoms with van der Waals surface area (Å²) in [5, 5.41) is 47.6. The smallest absolute Gasteiger partial charge is 0.269 e. The number of aliphatic hydroxyl groups excluding tert-OH is 2. The Morgan fingerprint density at radius 3 is 2.17 bits per heavy atom. The largest absolute Gasteiger partial charge is 0.490 e. The Bertz CT molecular complexity index is 2550. The van der Waals surface area contributed by atoms with Crippen molar-refractivity contribution >= 4 is 29.1 Å². The van der Waals surface area contributed by atoms with Gasteiger partial charge >= 0.3 is 0 Å². The number of benzene rings is 4. The lowest BCUT2D eigenvalue weighted by atomic mass is 9.55. The van der Waals surface area contributed by atoms with Gasteiger partial charge in [0.05, 0.1) is 28.1 Å². The second kappa shape index (κ2) is 23.3. The zero-order valence-electron chi connectivity index (χ0n) is 38.3. The van der Waals surface area contributed by atoms with Crippen LogP contribution in [0.15, 0.2) is 139 Å². The number of amides is 1. The number of aliphatic hydroxyl groups is 2. The predicted octanol–water partition coefficient (Wildman–Crippen LogP) is 9.78. The van der Waals surface area contributed by atoms with Crippen LogP contribution in [0.2, 0.25) is 0 Å². The monoisotopic (exact) mass is 944 g/mol. The van der Waals surface area contributed by atoms with Crippen molar-refractivity contribution in [3.8, 4) is 11.5 Å². The highest BCUT2D eigenvalue weighted by molar-refractivity contribution is 6.03. The molecule has 0 spiro atoms. The van der Waals surface area contributed by atoms with Crippen LogP contribution in [0.4, 0.5) is 15.8 Å². The molecular formula is C53H57FN4O11. The molecule has 1 fully saturated rings. The SMILES string of the molecule is C=CCOc1ccc2c(c1)[C@H]1[C@H](CCCCO)[C@@H](CCCCO)C=C3C(=NOCc4ccc([N+](=O)[O-])cc4)C[C@H](N(Cc4ccc(F)cc4)C(=O)C=Cc4ccc([N+](=O)[O-])cc4)[C@@](OCC=C)(O2)[C@H]31. The van der Waals surface area contributed by atoms with E-state index in [0.717, 1.165) is 24.0 Å². The molecule has 15 nitrogen and oxygen atoms in total. The van der Waals surface area contributed by atoms with Crippen LogP contribution in [0, 0.1) is 43.8 Å². The number of nitro benzene ring substituents is 2. The lowest BCUT2D eigenvalue weighted by molar-refractivity contribution is -0.385. The molecule has 2 aliphatic carbocycles. The van der Waals surface area contributed by atoms with Crippen molar-refractivity contribution in [1.82, 2.24) is 4.90 Å². The Kier molecular flexibility index (Phi) is 16.9. The molecule has 1 saturated carbocycles. The molecule has 0 unspecified atom stereocenters. The van der Waals surface area contributed by atoms with Gasteiger partial charge in [-0.3, -0.25) is 25.0 Å². The van der Waals surface area contributed by atoms with E-state index in [1.807, 2.05) is 18.2 Å². The highest BCUT2D eigenvalue weighted by Gasteiger charge is 2.65. The van der Waals surface area contributed by atoms with Crippen LogP contribution in [0.3, 0.4) is 0 Å². The normalized spacial score (nSPS) is 21.9. The van der Waals surface area contributed by atoms with Gasteiger partial charge in [-0.1, -0.05) is 54.9 Å². The molecule has 0 bridgehead atoms. The Morgan fingerprint density at radius 1 is 0.870 bits per heavy atom. The third-order valence-corrected chi connectivity index (χ3v) is 13.0. The maximum absolute atomic E-state index is 15.1. The first-order valence-electron chi connectivity index (χ1n) is 23.1. The van der Waals surface area contributed by atoms with Crippen LogP contribution in [0.1, 0.15) is 73.1 Å². The third kappa shape index (κ3) is 11.6. The van der Waals surface area contributed by atoms with Crippen LogP contribution < -0.4 is 9.47 Å². The zero-order valence-corrected chi connectivity index (χ0v) is 38.3. The molecule has 0 radical (unpaired) electrons. The number of nitro groups is 2. The van der Waals surface area contributed by atoms with Crippen molar-refractivity contribution < 1.29 is 48.3 Å². The Labute approximate surface area is 400 Å². The third-order valence-electron chi connectivity index (χ3n) is 13.0. The molecule has 3 aliphatic rings. The number of hydrogen-bond acceptors (Lipinski definition) is 12. The fourth-order valence-corrected chi connectivity index (χ4v) is 9.89. The minimum atomic E-state index is -1.62. The van der Waals surface area contributed by atoms with Crippen molar-refractivity contribution in [3.05, 3.63) is 182 Å². The predicted molar refractivity (Wildman–Crippen MR) is 258 cm³/mol. The van der Waals surface area contributed by atoms with E-state index in [0.29, 0.717) is 59.6 Å². The number of ether oxygens (including phenoxy) is 3. The number of oxime groups is 1. The van der Waals surface area contributed by atoms with Crippen molar-refractivity contribution in [1.29, 1.82) is 0 Å². The standard InChI is InChI=1S/C53H57FN4O11/c1-3-29-66-43-24-25-48-46(32-43)51-44(10-6-8-28-60)39(9-5-7-27-59)31-45-47(55-68-35-38-15-22-42(23-16-38)58(64)65)33-49(53(69-48,52(45)51)67-30-4-2)56(34-37-11-18-40(54)19-12-37)50(61)26-17-36-13-20-41(21-14-36)57(62)63/h3-4,11-26,31-32,39,44,49,51-52,59-60H,1-2,5-10,27-30,33-35H2/t39-,44+,49-,51+,52+,53+/m0/s1. The first-order valence-corrected chi connectivity index (χ1v) is 23.1. The Morgan fingerprint density at radius 2 is 1.52 bits per heavy atom. The summed E-state index contributed by atoms with van der Waals surface area (Å²) in [5.41, 5.74) is 3.75. The quantitative estimate of drug-likeness (QED) is 0.0223. The minimum absolute atomic E-state index is 0.0122. The fraction of sp³-hybridized carbons (Fsp3) is 0.358. The molecule has 4 aromatic carbocycles. The number of hydrogen-bond donors (Lipinski definition) is 2. The number of non-ortho nitro benzene ring substituents is 2. The van der Waals surface area contributed by atoms with Gasteiger partial charge in [-0.2, -0.15) is 0 Å². The van der Waals surface area contributed by atoms with Crippen LogP contribution in [-0.2, 0) is 27.5 Å². The summed E-state index contributed by atoms with van der Waals surface area (Å²) in [7, 11) is 0. The number of carbonyl (C=O) groups is 1. The summed E-state index contributed by atoms with van der Waals surface area (Å²) in [6, 6.07) is 22.3. The second-order valence-electron chi connectivity index (χ2n) is 17.3. The summed E-state index contributed by atoms with van der Waals surface area (Å²) in [5.74, 6) is -2.58. The highest BCUT2D eigenvalue weighted by Crippen LogP contribution is 2.62. The molecule has 0 saturated heterocycles. The molecule has 6 atom stereocenters. The van der Waals surface area contributed by atoms with E-state index >= 15 is 4.79 Å². The van der Waals surface area contributed by atoms with Gasteiger partial charge < -0.3 is 34.2 Å². The minimum Gasteiger partial charge on any atom is -0.490 e. The van der Waals surface area contributed by atoms with Gasteiger partial charge in [0.25, 0.3) is 11.4 Å². The molecule has 1 heterocycles. The molecule has 4 aromatic rings. The van der Waals surface area contributed by atoms with E-state index in [9.17, 15) is 34.8 Å². The maximum Gasteiger partial charge on any atom is 0.269 e. The van der Waals surface area contributed by atoms with E-state index in [1.54, 1.807) is 59.5 Å². The van der Waals surface area contributed by atoms with Gasteiger partial charge in [-0.15, -0.1) is 6.58 Å². The second-order valence-corrected chi connectivity index (χ2v) is 17.3. The van der Waals surface area contributed by atoms with Gasteiger partial charge in [0.1, 0.15) is 36.6 Å². The molecule has 1 aliphatic heterocycles. The molecule has 362 valence electrons. The molecule has 16 heteroatoms. The molecular weight excluding hydrogens is 888 g/mol. The van der Waals surface area contributed by atoms with Crippen molar-refractivity contribution in [2.75, 3.05) is 26.4 Å². The number of allylic oxidation sites excluding steroid dienone is 1. The van der Waals surface area contributed by atoms with E-state index < -0.39 is 39.3 Å². The number of rotatable bonds is 24. The first-order chi connectivity index (χ1) is 33.5. The van der Waals surface area contributed by atoms with Crippen molar-refractivity contribution in [2.24, 2.45) is 22.9 Å². The van der Waals surface area contributed by atoms with E-state index in [2.05, 4.69) is 19.2 Å². The molecule has 1 amide bonds. The summed E-state index contributed by atoms with van der Waals surface area (Å²) in [6.45, 7) is 8.08. The van der Waals surface area contributed by atoms with Crippen molar-refractivity contribution in [2.45, 2.75) is 75.8 Å². The number of nitrogens with zero attached hydrogens (tertiary/aromatic N) is 4. The summed E-state index contributed by atoms with van der Waals surface area (Å²) >= 11 is 0. The van der Waals surface area contributed by atoms with Gasteiger partial charge in [0.2, 0.25) is 11.7 Å². The number of halogens is 1. The zero-order chi connectivity index (χ0) is 48.9. The molecule has 7 rings (SSSR count). The number of carbonyl (C=O) groups excluding carboxylic acids is 1. The van der Waals surface area contributed by atoms with Crippen LogP contribution in [-0.4, -0.2) is 74.8 Å². The Hall–Kier alpha value is -7.01. The summed E-state index contributed by atoms with van der Waals surface area (Å²) < 4.78 is 35.0. The van der Waals surface area contributed by atoms with Crippen LogP contribution >= 0.6 is 0 Å². The summed E-state index contributed by atoms with van der Waals surface area (Å²) in [6.07, 6.45) is 12.5. The lowest BCUT2D eigenvalue weighted by Gasteiger charge is -2.60. The first kappa shape index (κ1) is 49.9. The number of fused-ring (bicyclic) bond motifs is 2. The molecule has 0 aromatic heterocycles. The van der Waals surface area contributed by atoms with Gasteiger partial charge in [0.15, 0.2) is 0 Å². The average molecular weight is 945 g/mol. The number of unbranched alkanes of at least 4 members (excludes halogenated alkanes) is 2. The van der Waals surface area contributed by atoms with E-state index in [4.69, 9.17) is 24.2 Å². The van der Waals surface area contributed by atoms with Gasteiger partial charge in [-0.05, 0) is 120 Å². The molecule has 2 N–H and O–H groups in total. The summed E-state index contributed by atoms with van der Waals surface area (Å²) in [4.78, 5) is 44.8. The Balaban J connectivity index is 1.45. The van der Waals surface area contributed by atoms with Gasteiger partial charge in [-0.25, -0.2) is 4.39 Å². The fourth-order valence-electron chi connectivity index (χ4n) is 9.89. The highest BCUT2D eigenvalue weighted by atomic mass is 19.1. The maximum atomic E-state index is 15.1.